The standard InChI is InChI=1S/C10H14Cl2N4O2/c1-10(2,3)18-6(17)4-5-13-9-15-7(11)14-8(12)16-9/h4-5H2,1-3H3,(H,13,14,15,16). The first-order valence-electron chi connectivity index (χ1n) is 5.29. The number of hydrogen-bond acceptors (Lipinski definition) is 6. The van der Waals surface area contributed by atoms with Crippen molar-refractivity contribution in [1.29, 1.82) is 0 Å². The Bertz CT molecular complexity index is 414. The highest BCUT2D eigenvalue weighted by molar-refractivity contribution is 6.31. The fraction of sp³-hybridized carbons (Fsp3) is 0.600. The molecule has 1 rings (SSSR count). The number of anilines is 1. The number of nitrogens with one attached hydrogen (secondary N) is 1. The second kappa shape index (κ2) is 6.15. The highest BCUT2D eigenvalue weighted by Gasteiger charge is 2.15. The number of carbonyl (C=O) groups is 1. The third-order valence-corrected chi connectivity index (χ3v) is 1.95. The largest absolute Gasteiger partial charge is 0.460 e. The lowest BCUT2D eigenvalue weighted by atomic mass is 10.2. The molecule has 6 nitrogen and oxygen atoms in total. The molecule has 0 amide bonds. The van der Waals surface area contributed by atoms with Crippen molar-refractivity contribution < 1.29 is 9.53 Å². The molecule has 1 aromatic rings. The normalized spacial score (nSPS) is 11.2. The number of halogens is 2. The summed E-state index contributed by atoms with van der Waals surface area (Å²) in [5, 5.41) is 2.80. The fourth-order valence-electron chi connectivity index (χ4n) is 1.07. The zero-order chi connectivity index (χ0) is 13.8. The van der Waals surface area contributed by atoms with Crippen molar-refractivity contribution in [1.82, 2.24) is 15.0 Å². The average Bonchev–Trinajstić information content (AvgIpc) is 2.12. The summed E-state index contributed by atoms with van der Waals surface area (Å²) in [6, 6.07) is 0. The van der Waals surface area contributed by atoms with Crippen molar-refractivity contribution in [2.45, 2.75) is 32.8 Å². The van der Waals surface area contributed by atoms with Crippen LogP contribution in [0.3, 0.4) is 0 Å². The van der Waals surface area contributed by atoms with Crippen LogP contribution in [0, 0.1) is 0 Å². The molecule has 0 radical (unpaired) electrons. The summed E-state index contributed by atoms with van der Waals surface area (Å²) in [5.74, 6) is -0.0789. The molecule has 0 aliphatic rings. The summed E-state index contributed by atoms with van der Waals surface area (Å²) in [4.78, 5) is 22.6. The Hall–Kier alpha value is -1.14. The van der Waals surface area contributed by atoms with E-state index >= 15 is 0 Å². The summed E-state index contributed by atoms with van der Waals surface area (Å²) in [5.41, 5.74) is -0.489. The van der Waals surface area contributed by atoms with Crippen LogP contribution < -0.4 is 5.32 Å². The van der Waals surface area contributed by atoms with Gasteiger partial charge in [-0.3, -0.25) is 4.79 Å². The van der Waals surface area contributed by atoms with Gasteiger partial charge in [0, 0.05) is 6.54 Å². The van der Waals surface area contributed by atoms with Gasteiger partial charge in [-0.15, -0.1) is 0 Å². The molecule has 1 heterocycles. The van der Waals surface area contributed by atoms with Crippen LogP contribution in [-0.2, 0) is 9.53 Å². The van der Waals surface area contributed by atoms with Crippen LogP contribution in [0.2, 0.25) is 10.6 Å². The second-order valence-corrected chi connectivity index (χ2v) is 5.14. The van der Waals surface area contributed by atoms with Gasteiger partial charge in [-0.1, -0.05) is 0 Å². The number of ether oxygens (including phenoxy) is 1. The maximum absolute atomic E-state index is 11.4. The van der Waals surface area contributed by atoms with Gasteiger partial charge in [0.15, 0.2) is 0 Å². The van der Waals surface area contributed by atoms with E-state index in [1.165, 1.54) is 0 Å². The van der Waals surface area contributed by atoms with Gasteiger partial charge < -0.3 is 10.1 Å². The van der Waals surface area contributed by atoms with E-state index in [1.807, 2.05) is 20.8 Å². The first-order chi connectivity index (χ1) is 8.26. The maximum atomic E-state index is 11.4. The molecule has 1 N–H and O–H groups in total. The van der Waals surface area contributed by atoms with Crippen molar-refractivity contribution in [3.63, 3.8) is 0 Å². The van der Waals surface area contributed by atoms with Gasteiger partial charge >= 0.3 is 5.97 Å². The number of rotatable bonds is 4. The van der Waals surface area contributed by atoms with E-state index in [0.29, 0.717) is 6.54 Å². The Morgan fingerprint density at radius 2 is 1.78 bits per heavy atom. The minimum absolute atomic E-state index is 0.00484. The minimum Gasteiger partial charge on any atom is -0.460 e. The zero-order valence-electron chi connectivity index (χ0n) is 10.3. The molecule has 0 saturated heterocycles. The van der Waals surface area contributed by atoms with Crippen LogP contribution in [0.25, 0.3) is 0 Å². The van der Waals surface area contributed by atoms with Crippen LogP contribution in [0.15, 0.2) is 0 Å². The molecule has 0 aliphatic carbocycles. The first-order valence-corrected chi connectivity index (χ1v) is 6.05. The Kier molecular flexibility index (Phi) is 5.10. The predicted molar refractivity (Wildman–Crippen MR) is 68.8 cm³/mol. The van der Waals surface area contributed by atoms with Gasteiger partial charge in [0.25, 0.3) is 0 Å². The van der Waals surface area contributed by atoms with E-state index in [-0.39, 0.29) is 28.9 Å². The predicted octanol–water partition coefficient (Wildman–Crippen LogP) is 2.32. The lowest BCUT2D eigenvalue weighted by Crippen LogP contribution is -2.25. The van der Waals surface area contributed by atoms with Crippen molar-refractivity contribution in [2.75, 3.05) is 11.9 Å². The third kappa shape index (κ3) is 5.97. The molecule has 0 fully saturated rings. The van der Waals surface area contributed by atoms with Gasteiger partial charge in [-0.2, -0.15) is 15.0 Å². The molecule has 0 unspecified atom stereocenters. The highest BCUT2D eigenvalue weighted by atomic mass is 35.5. The van der Waals surface area contributed by atoms with Gasteiger partial charge in [0.2, 0.25) is 16.5 Å². The molecule has 100 valence electrons. The molecule has 0 saturated carbocycles. The molecule has 18 heavy (non-hydrogen) atoms. The molecule has 0 aromatic carbocycles. The SMILES string of the molecule is CC(C)(C)OC(=O)CCNc1nc(Cl)nc(Cl)n1. The smallest absolute Gasteiger partial charge is 0.308 e. The summed E-state index contributed by atoms with van der Waals surface area (Å²) in [6.45, 7) is 5.75. The first kappa shape index (κ1) is 14.9. The van der Waals surface area contributed by atoms with Gasteiger partial charge in [0.1, 0.15) is 5.60 Å². The number of hydrogen-bond donors (Lipinski definition) is 1. The van der Waals surface area contributed by atoms with Crippen molar-refractivity contribution >= 4 is 35.1 Å². The lowest BCUT2D eigenvalue weighted by molar-refractivity contribution is -0.154. The Balaban J connectivity index is 2.40. The molecule has 0 bridgehead atoms. The topological polar surface area (TPSA) is 77.0 Å². The fourth-order valence-corrected chi connectivity index (χ4v) is 1.44. The summed E-state index contributed by atoms with van der Waals surface area (Å²) in [6.07, 6.45) is 0.193. The van der Waals surface area contributed by atoms with Crippen LogP contribution in [-0.4, -0.2) is 33.1 Å². The molecular formula is C10H14Cl2N4O2. The van der Waals surface area contributed by atoms with E-state index in [4.69, 9.17) is 27.9 Å². The minimum atomic E-state index is -0.489. The van der Waals surface area contributed by atoms with Gasteiger partial charge in [-0.05, 0) is 44.0 Å². The molecular weight excluding hydrogens is 279 g/mol. The van der Waals surface area contributed by atoms with Crippen LogP contribution in [0.1, 0.15) is 27.2 Å². The van der Waals surface area contributed by atoms with Gasteiger partial charge in [0.05, 0.1) is 6.42 Å². The molecule has 1 aromatic heterocycles. The monoisotopic (exact) mass is 292 g/mol. The molecule has 0 aliphatic heterocycles. The van der Waals surface area contributed by atoms with Crippen molar-refractivity contribution in [3.05, 3.63) is 10.6 Å². The van der Waals surface area contributed by atoms with Crippen LogP contribution in [0.4, 0.5) is 5.95 Å². The van der Waals surface area contributed by atoms with Crippen molar-refractivity contribution in [3.8, 4) is 0 Å². The number of aromatic nitrogens is 3. The van der Waals surface area contributed by atoms with E-state index in [2.05, 4.69) is 20.3 Å². The molecule has 0 spiro atoms. The second-order valence-electron chi connectivity index (χ2n) is 4.46. The summed E-state index contributed by atoms with van der Waals surface area (Å²) >= 11 is 11.2. The quantitative estimate of drug-likeness (QED) is 0.858. The highest BCUT2D eigenvalue weighted by Crippen LogP contribution is 2.10. The number of nitrogens with zero attached hydrogens (tertiary/aromatic N) is 3. The Morgan fingerprint density at radius 1 is 1.22 bits per heavy atom. The number of esters is 1. The summed E-state index contributed by atoms with van der Waals surface area (Å²) < 4.78 is 5.14. The number of carbonyl (C=O) groups excluding carboxylic acids is 1. The zero-order valence-corrected chi connectivity index (χ0v) is 11.8. The van der Waals surface area contributed by atoms with E-state index in [9.17, 15) is 4.79 Å². The summed E-state index contributed by atoms with van der Waals surface area (Å²) in [7, 11) is 0. The van der Waals surface area contributed by atoms with E-state index < -0.39 is 5.60 Å². The average molecular weight is 293 g/mol. The Labute approximate surface area is 115 Å². The third-order valence-electron chi connectivity index (χ3n) is 1.61. The maximum Gasteiger partial charge on any atom is 0.308 e. The molecule has 8 heteroatoms. The van der Waals surface area contributed by atoms with Crippen LogP contribution in [0.5, 0.6) is 0 Å². The van der Waals surface area contributed by atoms with E-state index in [0.717, 1.165) is 0 Å². The van der Waals surface area contributed by atoms with Gasteiger partial charge in [-0.25, -0.2) is 0 Å². The Morgan fingerprint density at radius 3 is 2.28 bits per heavy atom. The van der Waals surface area contributed by atoms with Crippen LogP contribution >= 0.6 is 23.2 Å². The van der Waals surface area contributed by atoms with E-state index in [1.54, 1.807) is 0 Å². The van der Waals surface area contributed by atoms with Crippen molar-refractivity contribution in [2.24, 2.45) is 0 Å². The lowest BCUT2D eigenvalue weighted by Gasteiger charge is -2.19. The molecule has 0 atom stereocenters.